The number of guanidine groups is 1. The van der Waals surface area contributed by atoms with E-state index in [-0.39, 0.29) is 29.7 Å². The van der Waals surface area contributed by atoms with Crippen LogP contribution in [0.15, 0.2) is 4.99 Å². The van der Waals surface area contributed by atoms with Gasteiger partial charge in [-0.15, -0.1) is 24.0 Å². The number of hydrogen-bond donors (Lipinski definition) is 2. The number of rotatable bonds is 9. The summed E-state index contributed by atoms with van der Waals surface area (Å²) in [7, 11) is -3.10. The second-order valence-corrected chi connectivity index (χ2v) is 9.07. The minimum atomic E-state index is -3.10. The van der Waals surface area contributed by atoms with Gasteiger partial charge in [-0.05, 0) is 44.9 Å². The van der Waals surface area contributed by atoms with E-state index >= 15 is 0 Å². The highest BCUT2D eigenvalue weighted by atomic mass is 127. The van der Waals surface area contributed by atoms with Crippen LogP contribution in [0.4, 0.5) is 0 Å². The minimum Gasteiger partial charge on any atom is -0.357 e. The van der Waals surface area contributed by atoms with Gasteiger partial charge in [0.1, 0.15) is 0 Å². The summed E-state index contributed by atoms with van der Waals surface area (Å²) in [6.07, 6.45) is 5.68. The molecule has 2 N–H and O–H groups in total. The van der Waals surface area contributed by atoms with Crippen LogP contribution in [-0.2, 0) is 10.0 Å². The monoisotopic (exact) mass is 488 g/mol. The molecule has 8 heteroatoms. The van der Waals surface area contributed by atoms with Gasteiger partial charge in [-0.3, -0.25) is 4.99 Å². The standard InChI is InChI=1S/C17H36N4O2S.HI/c1-5-10-17(4)11-8-14-21(15-17)16(18-6-2)19-12-9-13-20-24(22,23)7-3;/h20H,5-15H2,1-4H3,(H,18,19);1H. The summed E-state index contributed by atoms with van der Waals surface area (Å²) in [4.78, 5) is 7.08. The summed E-state index contributed by atoms with van der Waals surface area (Å²) in [5.74, 6) is 1.10. The summed E-state index contributed by atoms with van der Waals surface area (Å²) in [6.45, 7) is 12.4. The first kappa shape index (κ1) is 24.9. The molecule has 6 nitrogen and oxygen atoms in total. The molecule has 1 aliphatic rings. The van der Waals surface area contributed by atoms with Crippen LogP contribution in [0.1, 0.15) is 59.8 Å². The van der Waals surface area contributed by atoms with Crippen molar-refractivity contribution in [2.75, 3.05) is 38.5 Å². The summed E-state index contributed by atoms with van der Waals surface area (Å²) < 4.78 is 25.4. The molecule has 1 unspecified atom stereocenters. The molecule has 0 bridgehead atoms. The number of likely N-dealkylation sites (tertiary alicyclic amines) is 1. The molecule has 25 heavy (non-hydrogen) atoms. The number of halogens is 1. The average molecular weight is 488 g/mol. The molecule has 1 heterocycles. The maximum atomic E-state index is 11.4. The molecule has 0 saturated carbocycles. The quantitative estimate of drug-likeness (QED) is 0.227. The lowest BCUT2D eigenvalue weighted by Gasteiger charge is -2.42. The molecule has 0 aromatic carbocycles. The van der Waals surface area contributed by atoms with Crippen LogP contribution in [0.2, 0.25) is 0 Å². The molecular weight excluding hydrogens is 451 g/mol. The zero-order chi connectivity index (χ0) is 18.1. The van der Waals surface area contributed by atoms with Crippen molar-refractivity contribution in [1.82, 2.24) is 14.9 Å². The summed E-state index contributed by atoms with van der Waals surface area (Å²) in [6, 6.07) is 0. The Morgan fingerprint density at radius 1 is 1.28 bits per heavy atom. The van der Waals surface area contributed by atoms with Gasteiger partial charge >= 0.3 is 0 Å². The molecule has 0 radical (unpaired) electrons. The number of nitrogens with zero attached hydrogens (tertiary/aromatic N) is 2. The van der Waals surface area contributed by atoms with E-state index in [1.165, 1.54) is 25.7 Å². The Balaban J connectivity index is 0.00000576. The molecule has 0 aliphatic carbocycles. The Morgan fingerprint density at radius 2 is 2.00 bits per heavy atom. The lowest BCUT2D eigenvalue weighted by molar-refractivity contribution is 0.142. The normalized spacial score (nSPS) is 21.8. The summed E-state index contributed by atoms with van der Waals surface area (Å²) in [5.41, 5.74) is 0.375. The Kier molecular flexibility index (Phi) is 12.3. The van der Waals surface area contributed by atoms with Gasteiger partial charge in [-0.1, -0.05) is 20.3 Å². The van der Waals surface area contributed by atoms with E-state index in [0.717, 1.165) is 25.6 Å². The van der Waals surface area contributed by atoms with E-state index in [0.29, 0.717) is 24.9 Å². The van der Waals surface area contributed by atoms with E-state index in [4.69, 9.17) is 4.99 Å². The van der Waals surface area contributed by atoms with E-state index in [1.54, 1.807) is 6.92 Å². The van der Waals surface area contributed by atoms with Gasteiger partial charge in [0.15, 0.2) is 5.96 Å². The first-order valence-corrected chi connectivity index (χ1v) is 11.0. The fourth-order valence-electron chi connectivity index (χ4n) is 3.32. The van der Waals surface area contributed by atoms with Crippen molar-refractivity contribution >= 4 is 40.0 Å². The third kappa shape index (κ3) is 9.42. The summed E-state index contributed by atoms with van der Waals surface area (Å²) in [5, 5.41) is 3.39. The molecule has 0 amide bonds. The molecule has 0 aromatic heterocycles. The lowest BCUT2D eigenvalue weighted by Crippen LogP contribution is -2.49. The van der Waals surface area contributed by atoms with Crippen molar-refractivity contribution in [2.45, 2.75) is 59.8 Å². The van der Waals surface area contributed by atoms with E-state index in [9.17, 15) is 8.42 Å². The number of aliphatic imine (C=N–C) groups is 1. The Bertz CT molecular complexity index is 495. The van der Waals surface area contributed by atoms with Gasteiger partial charge in [-0.25, -0.2) is 13.1 Å². The van der Waals surface area contributed by atoms with Crippen LogP contribution in [0.3, 0.4) is 0 Å². The molecule has 1 aliphatic heterocycles. The van der Waals surface area contributed by atoms with Crippen LogP contribution in [0.25, 0.3) is 0 Å². The highest BCUT2D eigenvalue weighted by Gasteiger charge is 2.31. The number of nitrogens with one attached hydrogen (secondary N) is 2. The Morgan fingerprint density at radius 3 is 2.60 bits per heavy atom. The molecular formula is C17H37IN4O2S. The van der Waals surface area contributed by atoms with E-state index < -0.39 is 10.0 Å². The Hall–Kier alpha value is -0.0900. The van der Waals surface area contributed by atoms with Gasteiger partial charge in [0, 0.05) is 32.7 Å². The highest BCUT2D eigenvalue weighted by molar-refractivity contribution is 14.0. The fraction of sp³-hybridized carbons (Fsp3) is 0.941. The van der Waals surface area contributed by atoms with Gasteiger partial charge in [-0.2, -0.15) is 0 Å². The predicted molar refractivity (Wildman–Crippen MR) is 117 cm³/mol. The zero-order valence-electron chi connectivity index (χ0n) is 16.3. The molecule has 0 spiro atoms. The van der Waals surface area contributed by atoms with Gasteiger partial charge < -0.3 is 10.2 Å². The average Bonchev–Trinajstić information content (AvgIpc) is 2.53. The van der Waals surface area contributed by atoms with Crippen molar-refractivity contribution in [3.63, 3.8) is 0 Å². The zero-order valence-corrected chi connectivity index (χ0v) is 19.5. The third-order valence-corrected chi connectivity index (χ3v) is 5.97. The van der Waals surface area contributed by atoms with Crippen molar-refractivity contribution < 1.29 is 8.42 Å². The van der Waals surface area contributed by atoms with Crippen molar-refractivity contribution in [2.24, 2.45) is 10.4 Å². The van der Waals surface area contributed by atoms with Crippen LogP contribution >= 0.6 is 24.0 Å². The van der Waals surface area contributed by atoms with Gasteiger partial charge in [0.25, 0.3) is 0 Å². The van der Waals surface area contributed by atoms with Crippen LogP contribution in [-0.4, -0.2) is 57.8 Å². The number of hydrogen-bond acceptors (Lipinski definition) is 3. The van der Waals surface area contributed by atoms with Crippen LogP contribution < -0.4 is 10.0 Å². The second kappa shape index (κ2) is 12.3. The number of piperidine rings is 1. The lowest BCUT2D eigenvalue weighted by atomic mass is 9.78. The molecule has 1 atom stereocenters. The third-order valence-electron chi connectivity index (χ3n) is 4.57. The SMILES string of the molecule is CCCC1(C)CCCN(C(=NCCCNS(=O)(=O)CC)NCC)C1.I. The molecule has 150 valence electrons. The first-order valence-electron chi connectivity index (χ1n) is 9.36. The van der Waals surface area contributed by atoms with Crippen molar-refractivity contribution in [3.8, 4) is 0 Å². The summed E-state index contributed by atoms with van der Waals surface area (Å²) >= 11 is 0. The highest BCUT2D eigenvalue weighted by Crippen LogP contribution is 2.33. The molecule has 1 fully saturated rings. The topological polar surface area (TPSA) is 73.8 Å². The van der Waals surface area contributed by atoms with E-state index in [2.05, 4.69) is 35.7 Å². The predicted octanol–water partition coefficient (Wildman–Crippen LogP) is 2.80. The van der Waals surface area contributed by atoms with Crippen molar-refractivity contribution in [3.05, 3.63) is 0 Å². The maximum Gasteiger partial charge on any atom is 0.211 e. The van der Waals surface area contributed by atoms with E-state index in [1.807, 2.05) is 0 Å². The smallest absolute Gasteiger partial charge is 0.211 e. The molecule has 1 saturated heterocycles. The van der Waals surface area contributed by atoms with Gasteiger partial charge in [0.2, 0.25) is 10.0 Å². The first-order chi connectivity index (χ1) is 11.4. The van der Waals surface area contributed by atoms with Gasteiger partial charge in [0.05, 0.1) is 5.75 Å². The van der Waals surface area contributed by atoms with Crippen LogP contribution in [0, 0.1) is 5.41 Å². The van der Waals surface area contributed by atoms with Crippen LogP contribution in [0.5, 0.6) is 0 Å². The fourth-order valence-corrected chi connectivity index (χ4v) is 3.98. The molecule has 1 rings (SSSR count). The van der Waals surface area contributed by atoms with Crippen molar-refractivity contribution in [1.29, 1.82) is 0 Å². The minimum absolute atomic E-state index is 0. The maximum absolute atomic E-state index is 11.4. The molecule has 0 aromatic rings. The largest absolute Gasteiger partial charge is 0.357 e. The number of sulfonamides is 1. The Labute approximate surface area is 171 Å². The second-order valence-electron chi connectivity index (χ2n) is 6.97.